The standard InChI is InChI=1S/C14H19NO2S/c1-12-9-15(5-3-7-17-12)10-14-8-13(11-18-14)4-2-6-16/h8,11-12,16H,3,5-7,9-10H2,1H3. The third-order valence-electron chi connectivity index (χ3n) is 2.88. The smallest absolute Gasteiger partial charge is 0.104 e. The third kappa shape index (κ3) is 4.11. The summed E-state index contributed by atoms with van der Waals surface area (Å²) < 4.78 is 5.64. The highest BCUT2D eigenvalue weighted by atomic mass is 32.1. The van der Waals surface area contributed by atoms with E-state index in [1.807, 2.05) is 0 Å². The fourth-order valence-corrected chi connectivity index (χ4v) is 2.97. The van der Waals surface area contributed by atoms with Crippen LogP contribution >= 0.6 is 11.3 Å². The SMILES string of the molecule is CC1CN(Cc2cc(C#CCO)cs2)CCCO1. The molecule has 3 nitrogen and oxygen atoms in total. The van der Waals surface area contributed by atoms with Gasteiger partial charge in [0.2, 0.25) is 0 Å². The second-order valence-corrected chi connectivity index (χ2v) is 5.53. The molecule has 4 heteroatoms. The summed E-state index contributed by atoms with van der Waals surface area (Å²) in [5.74, 6) is 5.62. The van der Waals surface area contributed by atoms with Gasteiger partial charge in [-0.2, -0.15) is 0 Å². The van der Waals surface area contributed by atoms with E-state index in [2.05, 4.69) is 35.1 Å². The van der Waals surface area contributed by atoms with Crippen LogP contribution in [0.25, 0.3) is 0 Å². The van der Waals surface area contributed by atoms with Crippen LogP contribution in [-0.4, -0.2) is 42.4 Å². The molecule has 1 aliphatic heterocycles. The van der Waals surface area contributed by atoms with E-state index < -0.39 is 0 Å². The fourth-order valence-electron chi connectivity index (χ4n) is 2.11. The molecule has 0 amide bonds. The molecule has 1 aromatic rings. The first kappa shape index (κ1) is 13.6. The van der Waals surface area contributed by atoms with Crippen molar-refractivity contribution in [3.05, 3.63) is 21.9 Å². The van der Waals surface area contributed by atoms with Gasteiger partial charge in [-0.1, -0.05) is 11.8 Å². The van der Waals surface area contributed by atoms with Gasteiger partial charge in [0, 0.05) is 42.1 Å². The maximum Gasteiger partial charge on any atom is 0.104 e. The fraction of sp³-hybridized carbons (Fsp3) is 0.571. The summed E-state index contributed by atoms with van der Waals surface area (Å²) in [6, 6.07) is 2.11. The Labute approximate surface area is 112 Å². The quantitative estimate of drug-likeness (QED) is 0.826. The van der Waals surface area contributed by atoms with E-state index in [0.29, 0.717) is 6.10 Å². The normalized spacial score (nSPS) is 21.1. The predicted octanol–water partition coefficient (Wildman–Crippen LogP) is 1.70. The molecule has 18 heavy (non-hydrogen) atoms. The van der Waals surface area contributed by atoms with Crippen molar-refractivity contribution in [3.8, 4) is 11.8 Å². The lowest BCUT2D eigenvalue weighted by molar-refractivity contribution is 0.0669. The molecule has 98 valence electrons. The molecule has 1 aromatic heterocycles. The second kappa shape index (κ2) is 6.91. The van der Waals surface area contributed by atoms with Crippen LogP contribution in [0.15, 0.2) is 11.4 Å². The van der Waals surface area contributed by atoms with Gasteiger partial charge in [0.25, 0.3) is 0 Å². The highest BCUT2D eigenvalue weighted by Gasteiger charge is 2.15. The number of thiophene rings is 1. The zero-order chi connectivity index (χ0) is 12.8. The first-order valence-electron chi connectivity index (χ1n) is 6.29. The minimum atomic E-state index is -0.0772. The van der Waals surface area contributed by atoms with E-state index in [1.54, 1.807) is 11.3 Å². The van der Waals surface area contributed by atoms with Gasteiger partial charge >= 0.3 is 0 Å². The summed E-state index contributed by atoms with van der Waals surface area (Å²) in [6.45, 7) is 5.99. The number of hydrogen-bond acceptors (Lipinski definition) is 4. The molecular weight excluding hydrogens is 246 g/mol. The molecule has 1 fully saturated rings. The third-order valence-corrected chi connectivity index (χ3v) is 3.80. The molecule has 0 radical (unpaired) electrons. The Balaban J connectivity index is 1.93. The van der Waals surface area contributed by atoms with Crippen LogP contribution in [0.4, 0.5) is 0 Å². The van der Waals surface area contributed by atoms with Crippen LogP contribution in [-0.2, 0) is 11.3 Å². The van der Waals surface area contributed by atoms with Crippen LogP contribution in [0.5, 0.6) is 0 Å². The van der Waals surface area contributed by atoms with Crippen molar-refractivity contribution in [2.24, 2.45) is 0 Å². The Kier molecular flexibility index (Phi) is 5.21. The summed E-state index contributed by atoms with van der Waals surface area (Å²) in [6.07, 6.45) is 1.42. The summed E-state index contributed by atoms with van der Waals surface area (Å²) in [5.41, 5.74) is 1.00. The number of aliphatic hydroxyl groups is 1. The average Bonchev–Trinajstić information content (AvgIpc) is 2.69. The molecule has 1 atom stereocenters. The van der Waals surface area contributed by atoms with Crippen molar-refractivity contribution in [2.75, 3.05) is 26.3 Å². The van der Waals surface area contributed by atoms with Gasteiger partial charge in [0.15, 0.2) is 0 Å². The van der Waals surface area contributed by atoms with Crippen molar-refractivity contribution in [1.82, 2.24) is 4.90 Å². The number of hydrogen-bond donors (Lipinski definition) is 1. The van der Waals surface area contributed by atoms with Crippen molar-refractivity contribution in [1.29, 1.82) is 0 Å². The van der Waals surface area contributed by atoms with E-state index in [1.165, 1.54) is 4.88 Å². The van der Waals surface area contributed by atoms with Crippen LogP contribution in [0.2, 0.25) is 0 Å². The average molecular weight is 265 g/mol. The summed E-state index contributed by atoms with van der Waals surface area (Å²) in [7, 11) is 0. The largest absolute Gasteiger partial charge is 0.384 e. The summed E-state index contributed by atoms with van der Waals surface area (Å²) >= 11 is 1.74. The van der Waals surface area contributed by atoms with Crippen molar-refractivity contribution < 1.29 is 9.84 Å². The molecule has 1 aliphatic rings. The van der Waals surface area contributed by atoms with Crippen LogP contribution in [0.3, 0.4) is 0 Å². The zero-order valence-electron chi connectivity index (χ0n) is 10.7. The maximum absolute atomic E-state index is 8.66. The van der Waals surface area contributed by atoms with Gasteiger partial charge in [-0.15, -0.1) is 11.3 Å². The van der Waals surface area contributed by atoms with Gasteiger partial charge in [-0.25, -0.2) is 0 Å². The second-order valence-electron chi connectivity index (χ2n) is 4.53. The van der Waals surface area contributed by atoms with Gasteiger partial charge < -0.3 is 9.84 Å². The van der Waals surface area contributed by atoms with Gasteiger partial charge in [0.05, 0.1) is 6.10 Å². The first-order chi connectivity index (χ1) is 8.78. The predicted molar refractivity (Wildman–Crippen MR) is 73.6 cm³/mol. The molecule has 1 saturated heterocycles. The lowest BCUT2D eigenvalue weighted by Crippen LogP contribution is -2.29. The lowest BCUT2D eigenvalue weighted by Gasteiger charge is -2.20. The van der Waals surface area contributed by atoms with Crippen molar-refractivity contribution >= 4 is 11.3 Å². The highest BCUT2D eigenvalue weighted by molar-refractivity contribution is 7.10. The number of nitrogens with zero attached hydrogens (tertiary/aromatic N) is 1. The number of rotatable bonds is 2. The lowest BCUT2D eigenvalue weighted by atomic mass is 10.3. The highest BCUT2D eigenvalue weighted by Crippen LogP contribution is 2.17. The Morgan fingerprint density at radius 2 is 2.50 bits per heavy atom. The van der Waals surface area contributed by atoms with E-state index in [4.69, 9.17) is 9.84 Å². The minimum Gasteiger partial charge on any atom is -0.384 e. The molecule has 0 aromatic carbocycles. The van der Waals surface area contributed by atoms with Gasteiger partial charge in [0.1, 0.15) is 6.61 Å². The topological polar surface area (TPSA) is 32.7 Å². The van der Waals surface area contributed by atoms with Gasteiger partial charge in [-0.05, 0) is 19.4 Å². The Morgan fingerprint density at radius 1 is 1.61 bits per heavy atom. The molecule has 2 rings (SSSR count). The molecular formula is C14H19NO2S. The number of ether oxygens (including phenoxy) is 1. The molecule has 0 saturated carbocycles. The molecule has 0 bridgehead atoms. The molecule has 2 heterocycles. The van der Waals surface area contributed by atoms with E-state index in [9.17, 15) is 0 Å². The Hall–Kier alpha value is -0.860. The maximum atomic E-state index is 8.66. The molecule has 1 unspecified atom stereocenters. The Morgan fingerprint density at radius 3 is 3.33 bits per heavy atom. The van der Waals surface area contributed by atoms with E-state index in [0.717, 1.165) is 38.2 Å². The summed E-state index contributed by atoms with van der Waals surface area (Å²) in [5, 5.41) is 10.7. The molecule has 0 spiro atoms. The van der Waals surface area contributed by atoms with Crippen LogP contribution in [0, 0.1) is 11.8 Å². The Bertz CT molecular complexity index is 432. The number of aliphatic hydroxyl groups excluding tert-OH is 1. The van der Waals surface area contributed by atoms with Gasteiger partial charge in [-0.3, -0.25) is 4.90 Å². The van der Waals surface area contributed by atoms with Crippen LogP contribution in [0.1, 0.15) is 23.8 Å². The molecule has 0 aliphatic carbocycles. The first-order valence-corrected chi connectivity index (χ1v) is 7.17. The van der Waals surface area contributed by atoms with E-state index in [-0.39, 0.29) is 6.61 Å². The zero-order valence-corrected chi connectivity index (χ0v) is 11.5. The van der Waals surface area contributed by atoms with E-state index >= 15 is 0 Å². The summed E-state index contributed by atoms with van der Waals surface area (Å²) in [4.78, 5) is 3.76. The van der Waals surface area contributed by atoms with Crippen molar-refractivity contribution in [2.45, 2.75) is 26.0 Å². The van der Waals surface area contributed by atoms with Crippen molar-refractivity contribution in [3.63, 3.8) is 0 Å². The minimum absolute atomic E-state index is 0.0772. The monoisotopic (exact) mass is 265 g/mol. The molecule has 1 N–H and O–H groups in total. The van der Waals surface area contributed by atoms with Crippen LogP contribution < -0.4 is 0 Å².